The minimum absolute atomic E-state index is 0.210. The second kappa shape index (κ2) is 4.66. The Balaban J connectivity index is 2.61. The maximum absolute atomic E-state index is 13.9. The van der Waals surface area contributed by atoms with E-state index >= 15 is 0 Å². The summed E-state index contributed by atoms with van der Waals surface area (Å²) in [6.45, 7) is 1.68. The summed E-state index contributed by atoms with van der Waals surface area (Å²) in [7, 11) is 0. The Kier molecular flexibility index (Phi) is 3.19. The van der Waals surface area contributed by atoms with Crippen LogP contribution < -0.4 is 5.73 Å². The zero-order chi connectivity index (χ0) is 14.2. The minimum atomic E-state index is -0.706. The van der Waals surface area contributed by atoms with Crippen LogP contribution in [0.1, 0.15) is 10.4 Å². The van der Waals surface area contributed by atoms with Crippen molar-refractivity contribution in [3.05, 3.63) is 44.6 Å². The van der Waals surface area contributed by atoms with Crippen molar-refractivity contribution >= 4 is 22.7 Å². The quantitative estimate of drug-likeness (QED) is 0.673. The summed E-state index contributed by atoms with van der Waals surface area (Å²) in [5, 5.41) is 19.4. The molecule has 0 aliphatic rings. The molecule has 0 amide bonds. The number of nitrogens with two attached hydrogens (primary N) is 1. The summed E-state index contributed by atoms with van der Waals surface area (Å²) >= 11 is 1.07. The van der Waals surface area contributed by atoms with Gasteiger partial charge in [0.2, 0.25) is 0 Å². The van der Waals surface area contributed by atoms with E-state index in [1.165, 1.54) is 12.1 Å². The van der Waals surface area contributed by atoms with Gasteiger partial charge >= 0.3 is 0 Å². The highest BCUT2D eigenvalue weighted by Crippen LogP contribution is 2.39. The molecule has 0 saturated carbocycles. The van der Waals surface area contributed by atoms with Crippen LogP contribution in [0.5, 0.6) is 0 Å². The predicted octanol–water partition coefficient (Wildman–Crippen LogP) is 3.22. The summed E-state index contributed by atoms with van der Waals surface area (Å²) in [5.74, 6) is -0.706. The van der Waals surface area contributed by atoms with Crippen molar-refractivity contribution in [1.82, 2.24) is 0 Å². The van der Waals surface area contributed by atoms with E-state index in [0.717, 1.165) is 17.4 Å². The van der Waals surface area contributed by atoms with E-state index in [0.29, 0.717) is 21.0 Å². The first-order valence-electron chi connectivity index (χ1n) is 5.19. The van der Waals surface area contributed by atoms with E-state index in [1.54, 1.807) is 6.92 Å². The Labute approximate surface area is 111 Å². The van der Waals surface area contributed by atoms with Gasteiger partial charge in [0.25, 0.3) is 5.69 Å². The largest absolute Gasteiger partial charge is 0.397 e. The molecule has 0 unspecified atom stereocenters. The van der Waals surface area contributed by atoms with Gasteiger partial charge in [0.05, 0.1) is 16.7 Å². The second-order valence-electron chi connectivity index (χ2n) is 3.83. The Morgan fingerprint density at radius 3 is 2.68 bits per heavy atom. The molecule has 2 rings (SSSR count). The van der Waals surface area contributed by atoms with Gasteiger partial charge in [0.1, 0.15) is 16.8 Å². The number of nitrogens with zero attached hydrogens (tertiary/aromatic N) is 2. The number of non-ortho nitro benzene ring substituents is 1. The lowest BCUT2D eigenvalue weighted by Crippen LogP contribution is -1.91. The van der Waals surface area contributed by atoms with Crippen molar-refractivity contribution in [3.63, 3.8) is 0 Å². The third-order valence-corrected chi connectivity index (χ3v) is 3.95. The molecule has 2 aromatic rings. The van der Waals surface area contributed by atoms with Gasteiger partial charge in [-0.05, 0) is 18.6 Å². The number of rotatable bonds is 2. The highest BCUT2D eigenvalue weighted by molar-refractivity contribution is 7.16. The maximum Gasteiger partial charge on any atom is 0.272 e. The number of nitro groups is 1. The number of nitro benzene ring substituents is 1. The molecule has 0 aliphatic heterocycles. The number of anilines is 1. The van der Waals surface area contributed by atoms with Gasteiger partial charge in [-0.2, -0.15) is 5.26 Å². The predicted molar refractivity (Wildman–Crippen MR) is 70.2 cm³/mol. The Hall–Kier alpha value is -2.46. The molecule has 0 bridgehead atoms. The normalized spacial score (nSPS) is 10.2. The van der Waals surface area contributed by atoms with Crippen molar-refractivity contribution in [2.24, 2.45) is 0 Å². The molecule has 0 atom stereocenters. The molecule has 1 aromatic carbocycles. The Bertz CT molecular complexity index is 718. The lowest BCUT2D eigenvalue weighted by Gasteiger charge is -2.02. The molecule has 1 aromatic heterocycles. The van der Waals surface area contributed by atoms with E-state index in [1.807, 2.05) is 6.07 Å². The lowest BCUT2D eigenvalue weighted by molar-refractivity contribution is -0.385. The number of hydrogen-bond acceptors (Lipinski definition) is 5. The van der Waals surface area contributed by atoms with Gasteiger partial charge in [-0.1, -0.05) is 0 Å². The topological polar surface area (TPSA) is 93.0 Å². The first-order valence-corrected chi connectivity index (χ1v) is 6.00. The molecule has 5 nitrogen and oxygen atoms in total. The molecule has 96 valence electrons. The summed E-state index contributed by atoms with van der Waals surface area (Å²) in [6, 6.07) is 5.34. The molecule has 2 N–H and O–H groups in total. The fraction of sp³-hybridized carbons (Fsp3) is 0.0833. The average molecular weight is 277 g/mol. The summed E-state index contributed by atoms with van der Waals surface area (Å²) < 4.78 is 13.9. The van der Waals surface area contributed by atoms with Crippen LogP contribution in [0, 0.1) is 34.2 Å². The van der Waals surface area contributed by atoms with Crippen LogP contribution in [0.4, 0.5) is 15.8 Å². The highest BCUT2D eigenvalue weighted by Gasteiger charge is 2.18. The third-order valence-electron chi connectivity index (χ3n) is 2.70. The fourth-order valence-corrected chi connectivity index (χ4v) is 2.72. The van der Waals surface area contributed by atoms with Crippen molar-refractivity contribution in [2.75, 3.05) is 5.73 Å². The van der Waals surface area contributed by atoms with Crippen LogP contribution in [-0.2, 0) is 0 Å². The SMILES string of the molecule is Cc1c(-c2ccc([N+](=O)[O-])cc2F)sc(C#N)c1N. The van der Waals surface area contributed by atoms with Gasteiger partial charge in [-0.25, -0.2) is 4.39 Å². The van der Waals surface area contributed by atoms with E-state index in [-0.39, 0.29) is 11.3 Å². The van der Waals surface area contributed by atoms with Crippen LogP contribution in [-0.4, -0.2) is 4.92 Å². The van der Waals surface area contributed by atoms with Gasteiger partial charge in [0, 0.05) is 16.5 Å². The standard InChI is InChI=1S/C12H8FN3O2S/c1-6-11(15)10(5-14)19-12(6)8-3-2-7(16(17)18)4-9(8)13/h2-4H,15H2,1H3. The minimum Gasteiger partial charge on any atom is -0.397 e. The van der Waals surface area contributed by atoms with Gasteiger partial charge in [-0.3, -0.25) is 10.1 Å². The first kappa shape index (κ1) is 13.0. The van der Waals surface area contributed by atoms with Crippen LogP contribution in [0.3, 0.4) is 0 Å². The van der Waals surface area contributed by atoms with E-state index in [4.69, 9.17) is 11.0 Å². The molecule has 0 aliphatic carbocycles. The Morgan fingerprint density at radius 2 is 2.21 bits per heavy atom. The highest BCUT2D eigenvalue weighted by atomic mass is 32.1. The van der Waals surface area contributed by atoms with Gasteiger partial charge in [-0.15, -0.1) is 11.3 Å². The molecule has 0 radical (unpaired) electrons. The summed E-state index contributed by atoms with van der Waals surface area (Å²) in [4.78, 5) is 10.7. The summed E-state index contributed by atoms with van der Waals surface area (Å²) in [6.07, 6.45) is 0. The maximum atomic E-state index is 13.9. The van der Waals surface area contributed by atoms with Crippen LogP contribution >= 0.6 is 11.3 Å². The van der Waals surface area contributed by atoms with Crippen LogP contribution in [0.25, 0.3) is 10.4 Å². The van der Waals surface area contributed by atoms with Crippen molar-refractivity contribution < 1.29 is 9.31 Å². The smallest absolute Gasteiger partial charge is 0.272 e. The van der Waals surface area contributed by atoms with Crippen molar-refractivity contribution in [1.29, 1.82) is 5.26 Å². The van der Waals surface area contributed by atoms with Crippen molar-refractivity contribution in [2.45, 2.75) is 6.92 Å². The lowest BCUT2D eigenvalue weighted by atomic mass is 10.1. The van der Waals surface area contributed by atoms with E-state index < -0.39 is 10.7 Å². The molecular weight excluding hydrogens is 269 g/mol. The van der Waals surface area contributed by atoms with Gasteiger partial charge in [0.15, 0.2) is 0 Å². The zero-order valence-electron chi connectivity index (χ0n) is 9.81. The monoisotopic (exact) mass is 277 g/mol. The zero-order valence-corrected chi connectivity index (χ0v) is 10.6. The van der Waals surface area contributed by atoms with E-state index in [2.05, 4.69) is 0 Å². The Morgan fingerprint density at radius 1 is 1.53 bits per heavy atom. The van der Waals surface area contributed by atoms with Crippen LogP contribution in [0.2, 0.25) is 0 Å². The van der Waals surface area contributed by atoms with Gasteiger partial charge < -0.3 is 5.73 Å². The fourth-order valence-electron chi connectivity index (χ4n) is 1.67. The number of hydrogen-bond donors (Lipinski definition) is 1. The van der Waals surface area contributed by atoms with Crippen molar-refractivity contribution in [3.8, 4) is 16.5 Å². The number of benzene rings is 1. The first-order chi connectivity index (χ1) is 8.95. The van der Waals surface area contributed by atoms with Crippen LogP contribution in [0.15, 0.2) is 18.2 Å². The van der Waals surface area contributed by atoms with E-state index in [9.17, 15) is 14.5 Å². The third kappa shape index (κ3) is 2.13. The molecule has 0 spiro atoms. The molecule has 1 heterocycles. The molecule has 0 fully saturated rings. The second-order valence-corrected chi connectivity index (χ2v) is 4.85. The number of nitrogen functional groups attached to an aromatic ring is 1. The molecular formula is C12H8FN3O2S. The number of halogens is 1. The summed E-state index contributed by atoms with van der Waals surface area (Å²) in [5.41, 5.74) is 6.56. The number of nitriles is 1. The number of thiophene rings is 1. The molecule has 0 saturated heterocycles. The molecule has 19 heavy (non-hydrogen) atoms. The molecule has 7 heteroatoms. The average Bonchev–Trinajstić information content (AvgIpc) is 2.66.